The molecule has 1 saturated carbocycles. The van der Waals surface area contributed by atoms with Gasteiger partial charge in [0.2, 0.25) is 0 Å². The predicted octanol–water partition coefficient (Wildman–Crippen LogP) is 2.96. The van der Waals surface area contributed by atoms with Crippen molar-refractivity contribution in [3.8, 4) is 0 Å². The summed E-state index contributed by atoms with van der Waals surface area (Å²) in [5.41, 5.74) is 3.16. The molecular formula is C23H26FN2O+. The number of aromatic nitrogens is 1. The Morgan fingerprint density at radius 3 is 2.59 bits per heavy atom. The van der Waals surface area contributed by atoms with Gasteiger partial charge in [0.15, 0.2) is 0 Å². The number of hydrogen-bond donors (Lipinski definition) is 2. The number of hydrogen-bond acceptors (Lipinski definition) is 1. The topological polar surface area (TPSA) is 29.6 Å². The first-order valence-corrected chi connectivity index (χ1v) is 9.65. The van der Waals surface area contributed by atoms with Crippen molar-refractivity contribution >= 4 is 0 Å². The van der Waals surface area contributed by atoms with E-state index in [4.69, 9.17) is 0 Å². The second kappa shape index (κ2) is 8.07. The third-order valence-corrected chi connectivity index (χ3v) is 5.37. The smallest absolute Gasteiger partial charge is 0.128 e. The highest BCUT2D eigenvalue weighted by atomic mass is 19.1. The molecule has 0 bridgehead atoms. The fourth-order valence-corrected chi connectivity index (χ4v) is 3.74. The zero-order chi connectivity index (χ0) is 18.6. The zero-order valence-electron chi connectivity index (χ0n) is 15.4. The van der Waals surface area contributed by atoms with E-state index in [2.05, 4.69) is 16.8 Å². The highest BCUT2D eigenvalue weighted by Gasteiger charge is 2.35. The van der Waals surface area contributed by atoms with Crippen LogP contribution in [0.15, 0.2) is 72.9 Å². The van der Waals surface area contributed by atoms with Gasteiger partial charge in [-0.1, -0.05) is 42.5 Å². The van der Waals surface area contributed by atoms with Crippen molar-refractivity contribution in [2.75, 3.05) is 6.54 Å². The van der Waals surface area contributed by atoms with Crippen LogP contribution in [-0.4, -0.2) is 22.3 Å². The van der Waals surface area contributed by atoms with Gasteiger partial charge in [-0.15, -0.1) is 0 Å². The maximum absolute atomic E-state index is 13.5. The fraction of sp³-hybridized carbons (Fsp3) is 0.304. The summed E-state index contributed by atoms with van der Waals surface area (Å²) in [4.78, 5) is 1.42. The van der Waals surface area contributed by atoms with Crippen LogP contribution in [0.3, 0.4) is 0 Å². The molecule has 2 aromatic carbocycles. The van der Waals surface area contributed by atoms with Crippen molar-refractivity contribution in [2.24, 2.45) is 0 Å². The summed E-state index contributed by atoms with van der Waals surface area (Å²) in [5.74, 6) is -0.197. The number of quaternary nitrogens is 1. The Bertz CT molecular complexity index is 873. The van der Waals surface area contributed by atoms with E-state index in [9.17, 15) is 9.50 Å². The van der Waals surface area contributed by atoms with Crippen molar-refractivity contribution < 1.29 is 14.4 Å². The van der Waals surface area contributed by atoms with E-state index in [0.717, 1.165) is 17.7 Å². The second-order valence-electron chi connectivity index (χ2n) is 7.50. The maximum atomic E-state index is 13.5. The molecule has 0 aliphatic heterocycles. The molecule has 27 heavy (non-hydrogen) atoms. The summed E-state index contributed by atoms with van der Waals surface area (Å²) in [6.07, 6.45) is 4.05. The molecule has 3 nitrogen and oxygen atoms in total. The molecule has 1 aromatic heterocycles. The van der Waals surface area contributed by atoms with Gasteiger partial charge in [-0.2, -0.15) is 0 Å². The lowest BCUT2D eigenvalue weighted by Crippen LogP contribution is -3.12. The van der Waals surface area contributed by atoms with Crippen LogP contribution in [0.2, 0.25) is 0 Å². The second-order valence-corrected chi connectivity index (χ2v) is 7.50. The predicted molar refractivity (Wildman–Crippen MR) is 104 cm³/mol. The zero-order valence-corrected chi connectivity index (χ0v) is 15.4. The van der Waals surface area contributed by atoms with Crippen molar-refractivity contribution in [1.29, 1.82) is 0 Å². The average molecular weight is 365 g/mol. The van der Waals surface area contributed by atoms with Gasteiger partial charge in [0.05, 0.1) is 11.7 Å². The molecule has 1 heterocycles. The Balaban J connectivity index is 1.46. The summed E-state index contributed by atoms with van der Waals surface area (Å²) in [7, 11) is 0. The highest BCUT2D eigenvalue weighted by molar-refractivity contribution is 5.19. The van der Waals surface area contributed by atoms with Crippen LogP contribution in [0.25, 0.3) is 0 Å². The van der Waals surface area contributed by atoms with Crippen LogP contribution in [0.1, 0.15) is 35.8 Å². The number of nitrogens with one attached hydrogen (secondary N) is 1. The first-order chi connectivity index (χ1) is 13.2. The van der Waals surface area contributed by atoms with Gasteiger partial charge < -0.3 is 14.6 Å². The molecule has 4 heteroatoms. The van der Waals surface area contributed by atoms with E-state index in [-0.39, 0.29) is 5.82 Å². The molecule has 0 amide bonds. The Labute approximate surface area is 159 Å². The molecule has 3 aromatic rings. The molecule has 1 aliphatic rings. The third-order valence-electron chi connectivity index (χ3n) is 5.37. The first-order valence-electron chi connectivity index (χ1n) is 9.65. The Kier molecular flexibility index (Phi) is 5.37. The minimum absolute atomic E-state index is 0.197. The molecule has 2 N–H and O–H groups in total. The van der Waals surface area contributed by atoms with Crippen LogP contribution in [0.5, 0.6) is 0 Å². The monoisotopic (exact) mass is 365 g/mol. The Morgan fingerprint density at radius 1 is 1.04 bits per heavy atom. The molecule has 0 radical (unpaired) electrons. The summed E-state index contributed by atoms with van der Waals surface area (Å²) in [5, 5.41) is 10.7. The number of rotatable bonds is 8. The van der Waals surface area contributed by atoms with Gasteiger partial charge in [-0.3, -0.25) is 0 Å². The summed E-state index contributed by atoms with van der Waals surface area (Å²) in [6, 6.07) is 21.5. The first kappa shape index (κ1) is 18.0. The van der Waals surface area contributed by atoms with Gasteiger partial charge in [-0.05, 0) is 35.4 Å². The van der Waals surface area contributed by atoms with Crippen LogP contribution < -0.4 is 4.90 Å². The number of aliphatic hydroxyl groups is 1. The van der Waals surface area contributed by atoms with Crippen molar-refractivity contribution in [3.63, 3.8) is 0 Å². The molecule has 0 saturated heterocycles. The third kappa shape index (κ3) is 4.65. The van der Waals surface area contributed by atoms with Crippen molar-refractivity contribution in [1.82, 2.24) is 4.57 Å². The number of halogens is 1. The van der Waals surface area contributed by atoms with E-state index in [1.165, 1.54) is 29.5 Å². The van der Waals surface area contributed by atoms with E-state index in [1.54, 1.807) is 12.1 Å². The van der Waals surface area contributed by atoms with E-state index in [1.807, 2.05) is 42.5 Å². The molecule has 1 fully saturated rings. The quantitative estimate of drug-likeness (QED) is 0.632. The summed E-state index contributed by atoms with van der Waals surface area (Å²) in [6.45, 7) is 2.25. The molecule has 0 spiro atoms. The average Bonchev–Trinajstić information content (AvgIpc) is 3.44. The van der Waals surface area contributed by atoms with Crippen LogP contribution >= 0.6 is 0 Å². The van der Waals surface area contributed by atoms with Gasteiger partial charge in [0.1, 0.15) is 25.0 Å². The van der Waals surface area contributed by atoms with E-state index in [0.29, 0.717) is 19.1 Å². The fourth-order valence-electron chi connectivity index (χ4n) is 3.74. The van der Waals surface area contributed by atoms with Crippen molar-refractivity contribution in [3.05, 3.63) is 95.6 Å². The SMILES string of the molecule is O[C@H](C[NH+](Cc1cccn1Cc1cccc(F)c1)C1CC1)c1ccccc1. The lowest BCUT2D eigenvalue weighted by atomic mass is 10.1. The Hall–Kier alpha value is -2.43. The lowest BCUT2D eigenvalue weighted by molar-refractivity contribution is -0.929. The molecular weight excluding hydrogens is 339 g/mol. The number of benzene rings is 2. The normalized spacial score (nSPS) is 16.2. The lowest BCUT2D eigenvalue weighted by Gasteiger charge is -2.23. The molecule has 1 aliphatic carbocycles. The van der Waals surface area contributed by atoms with Gasteiger partial charge in [0, 0.05) is 25.6 Å². The van der Waals surface area contributed by atoms with E-state index < -0.39 is 6.10 Å². The van der Waals surface area contributed by atoms with Crippen LogP contribution in [-0.2, 0) is 13.1 Å². The molecule has 4 rings (SSSR count). The van der Waals surface area contributed by atoms with Gasteiger partial charge in [-0.25, -0.2) is 4.39 Å². The Morgan fingerprint density at radius 2 is 1.85 bits per heavy atom. The highest BCUT2D eigenvalue weighted by Crippen LogP contribution is 2.18. The standard InChI is InChI=1S/C23H25FN2O/c24-20-9-4-6-18(14-20)15-25-13-5-10-22(25)16-26(21-11-12-21)17-23(27)19-7-2-1-3-8-19/h1-10,13-14,21,23,27H,11-12,15-17H2/p+1/t23-/m1/s1. The number of aliphatic hydroxyl groups excluding tert-OH is 1. The van der Waals surface area contributed by atoms with Gasteiger partial charge in [0.25, 0.3) is 0 Å². The van der Waals surface area contributed by atoms with Crippen LogP contribution in [0, 0.1) is 5.82 Å². The molecule has 1 unspecified atom stereocenters. The maximum Gasteiger partial charge on any atom is 0.128 e. The largest absolute Gasteiger partial charge is 0.382 e. The van der Waals surface area contributed by atoms with Crippen LogP contribution in [0.4, 0.5) is 4.39 Å². The molecule has 140 valence electrons. The van der Waals surface area contributed by atoms with E-state index >= 15 is 0 Å². The number of nitrogens with zero attached hydrogens (tertiary/aromatic N) is 1. The molecule has 2 atom stereocenters. The minimum atomic E-state index is -0.451. The minimum Gasteiger partial charge on any atom is -0.382 e. The summed E-state index contributed by atoms with van der Waals surface area (Å²) >= 11 is 0. The van der Waals surface area contributed by atoms with Gasteiger partial charge >= 0.3 is 0 Å². The summed E-state index contributed by atoms with van der Waals surface area (Å²) < 4.78 is 15.7. The van der Waals surface area contributed by atoms with Crippen molar-refractivity contribution in [2.45, 2.75) is 38.1 Å².